The van der Waals surface area contributed by atoms with Crippen LogP contribution in [0.5, 0.6) is 0 Å². The zero-order valence-corrected chi connectivity index (χ0v) is 16.9. The highest BCUT2D eigenvalue weighted by atomic mass is 16.5. The first-order valence-electron chi connectivity index (χ1n) is 9.35. The Morgan fingerprint density at radius 1 is 1.03 bits per heavy atom. The van der Waals surface area contributed by atoms with Crippen LogP contribution in [0.4, 0.5) is 5.69 Å². The van der Waals surface area contributed by atoms with Crippen molar-refractivity contribution >= 4 is 17.4 Å². The number of aryl methyl sites for hydroxylation is 1. The van der Waals surface area contributed by atoms with E-state index in [0.717, 1.165) is 16.7 Å². The molecule has 3 aromatic rings. The van der Waals surface area contributed by atoms with Gasteiger partial charge in [-0.3, -0.25) is 4.79 Å². The lowest BCUT2D eigenvalue weighted by atomic mass is 9.97. The van der Waals surface area contributed by atoms with Crippen LogP contribution in [0.15, 0.2) is 48.5 Å². The SMILES string of the molecule is [C-]#[N+]c1c(-c2ccc(-c3ccccc3C)cc2)c(C(=O)OCC)n(C)c1C(C)=O. The average molecular weight is 386 g/mol. The Bertz CT molecular complexity index is 1130. The minimum absolute atomic E-state index is 0.173. The van der Waals surface area contributed by atoms with Gasteiger partial charge in [-0.25, -0.2) is 9.64 Å². The molecule has 5 heteroatoms. The highest BCUT2D eigenvalue weighted by Gasteiger charge is 2.29. The number of rotatable bonds is 5. The summed E-state index contributed by atoms with van der Waals surface area (Å²) in [5, 5.41) is 0. The van der Waals surface area contributed by atoms with Crippen molar-refractivity contribution in [2.45, 2.75) is 20.8 Å². The third kappa shape index (κ3) is 3.57. The number of aromatic nitrogens is 1. The van der Waals surface area contributed by atoms with Crippen molar-refractivity contribution in [3.63, 3.8) is 0 Å². The van der Waals surface area contributed by atoms with Gasteiger partial charge in [-0.1, -0.05) is 48.5 Å². The highest BCUT2D eigenvalue weighted by molar-refractivity contribution is 6.09. The summed E-state index contributed by atoms with van der Waals surface area (Å²) >= 11 is 0. The van der Waals surface area contributed by atoms with Crippen molar-refractivity contribution in [2.24, 2.45) is 7.05 Å². The lowest BCUT2D eigenvalue weighted by molar-refractivity contribution is 0.0516. The van der Waals surface area contributed by atoms with E-state index in [1.807, 2.05) is 36.4 Å². The van der Waals surface area contributed by atoms with Gasteiger partial charge in [0.2, 0.25) is 5.69 Å². The van der Waals surface area contributed by atoms with Crippen LogP contribution in [0.1, 0.15) is 40.4 Å². The number of carbonyl (C=O) groups excluding carboxylic acids is 2. The van der Waals surface area contributed by atoms with Gasteiger partial charge in [0.05, 0.1) is 18.9 Å². The quantitative estimate of drug-likeness (QED) is 0.326. The maximum atomic E-state index is 12.6. The van der Waals surface area contributed by atoms with E-state index in [0.29, 0.717) is 11.1 Å². The van der Waals surface area contributed by atoms with E-state index in [2.05, 4.69) is 23.9 Å². The molecule has 0 N–H and O–H groups in total. The minimum atomic E-state index is -0.551. The van der Waals surface area contributed by atoms with Gasteiger partial charge in [0.1, 0.15) is 5.69 Å². The molecule has 0 atom stereocenters. The van der Waals surface area contributed by atoms with Gasteiger partial charge < -0.3 is 9.30 Å². The Hall–Kier alpha value is -3.65. The van der Waals surface area contributed by atoms with Crippen molar-refractivity contribution in [3.05, 3.63) is 76.9 Å². The van der Waals surface area contributed by atoms with Crippen molar-refractivity contribution in [3.8, 4) is 22.3 Å². The molecule has 0 spiro atoms. The van der Waals surface area contributed by atoms with Crippen molar-refractivity contribution in [1.82, 2.24) is 4.57 Å². The second-order valence-corrected chi connectivity index (χ2v) is 6.76. The molecule has 0 aliphatic heterocycles. The molecule has 3 rings (SSSR count). The number of Topliss-reactive ketones (excluding diaryl/α,β-unsaturated/α-hetero) is 1. The minimum Gasteiger partial charge on any atom is -0.461 e. The van der Waals surface area contributed by atoms with Gasteiger partial charge in [0.25, 0.3) is 0 Å². The summed E-state index contributed by atoms with van der Waals surface area (Å²) in [5.74, 6) is -0.822. The highest BCUT2D eigenvalue weighted by Crippen LogP contribution is 2.40. The summed E-state index contributed by atoms with van der Waals surface area (Å²) in [4.78, 5) is 28.4. The molecule has 0 unspecified atom stereocenters. The molecule has 0 aliphatic carbocycles. The monoisotopic (exact) mass is 386 g/mol. The Balaban J connectivity index is 2.21. The molecule has 0 radical (unpaired) electrons. The van der Waals surface area contributed by atoms with Crippen LogP contribution < -0.4 is 0 Å². The second kappa shape index (κ2) is 8.15. The number of ether oxygens (including phenoxy) is 1. The first-order chi connectivity index (χ1) is 13.9. The molecule has 1 aromatic heterocycles. The fourth-order valence-corrected chi connectivity index (χ4v) is 3.61. The van der Waals surface area contributed by atoms with Gasteiger partial charge in [0, 0.05) is 12.6 Å². The summed E-state index contributed by atoms with van der Waals surface area (Å²) in [6.45, 7) is 13.0. The van der Waals surface area contributed by atoms with Crippen LogP contribution >= 0.6 is 0 Å². The van der Waals surface area contributed by atoms with E-state index in [1.165, 1.54) is 11.5 Å². The van der Waals surface area contributed by atoms with E-state index < -0.39 is 5.97 Å². The number of carbonyl (C=O) groups is 2. The number of ketones is 1. The van der Waals surface area contributed by atoms with E-state index in [9.17, 15) is 9.59 Å². The molecular weight excluding hydrogens is 364 g/mol. The Labute approximate surface area is 170 Å². The third-order valence-electron chi connectivity index (χ3n) is 4.91. The molecule has 0 saturated carbocycles. The van der Waals surface area contributed by atoms with Gasteiger partial charge in [-0.15, -0.1) is 0 Å². The number of esters is 1. The Morgan fingerprint density at radius 3 is 2.21 bits per heavy atom. The standard InChI is InChI=1S/C24H22N2O3/c1-6-29-24(28)23-20(21(25-4)22(16(3)27)26(23)5)18-13-11-17(12-14-18)19-10-8-7-9-15(19)2/h7-14H,6H2,1-3,5H3. The third-order valence-corrected chi connectivity index (χ3v) is 4.91. The molecule has 0 aliphatic rings. The van der Waals surface area contributed by atoms with Crippen LogP contribution in [0.2, 0.25) is 0 Å². The zero-order chi connectivity index (χ0) is 21.1. The van der Waals surface area contributed by atoms with Crippen molar-refractivity contribution in [2.75, 3.05) is 6.61 Å². The molecule has 146 valence electrons. The zero-order valence-electron chi connectivity index (χ0n) is 16.9. The van der Waals surface area contributed by atoms with Crippen LogP contribution in [0.3, 0.4) is 0 Å². The number of hydrogen-bond donors (Lipinski definition) is 0. The molecule has 2 aromatic carbocycles. The van der Waals surface area contributed by atoms with Crippen LogP contribution in [-0.4, -0.2) is 22.9 Å². The second-order valence-electron chi connectivity index (χ2n) is 6.76. The van der Waals surface area contributed by atoms with E-state index >= 15 is 0 Å². The summed E-state index contributed by atoms with van der Waals surface area (Å²) in [7, 11) is 1.61. The number of nitrogens with zero attached hydrogens (tertiary/aromatic N) is 2. The first-order valence-corrected chi connectivity index (χ1v) is 9.35. The maximum Gasteiger partial charge on any atom is 0.354 e. The molecule has 0 saturated heterocycles. The summed E-state index contributed by atoms with van der Waals surface area (Å²) in [6.07, 6.45) is 0. The predicted molar refractivity (Wildman–Crippen MR) is 113 cm³/mol. The molecule has 0 fully saturated rings. The summed E-state index contributed by atoms with van der Waals surface area (Å²) in [5.41, 5.74) is 5.04. The Kier molecular flexibility index (Phi) is 5.65. The largest absolute Gasteiger partial charge is 0.461 e. The fourth-order valence-electron chi connectivity index (χ4n) is 3.61. The molecular formula is C24H22N2O3. The van der Waals surface area contributed by atoms with Gasteiger partial charge in [-0.05, 0) is 43.0 Å². The van der Waals surface area contributed by atoms with Crippen LogP contribution in [0.25, 0.3) is 27.1 Å². The summed E-state index contributed by atoms with van der Waals surface area (Å²) < 4.78 is 6.67. The lowest BCUT2D eigenvalue weighted by Gasteiger charge is -2.10. The van der Waals surface area contributed by atoms with Crippen molar-refractivity contribution < 1.29 is 14.3 Å². The lowest BCUT2D eigenvalue weighted by Crippen LogP contribution is -2.13. The average Bonchev–Trinajstić information content (AvgIpc) is 3.01. The fraction of sp³-hybridized carbons (Fsp3) is 0.208. The topological polar surface area (TPSA) is 52.7 Å². The van der Waals surface area contributed by atoms with E-state index in [4.69, 9.17) is 11.3 Å². The summed E-state index contributed by atoms with van der Waals surface area (Å²) in [6, 6.07) is 15.7. The van der Waals surface area contributed by atoms with Crippen LogP contribution in [-0.2, 0) is 11.8 Å². The molecule has 5 nitrogen and oxygen atoms in total. The number of benzene rings is 2. The Morgan fingerprint density at radius 2 is 1.66 bits per heavy atom. The first kappa shape index (κ1) is 20.1. The van der Waals surface area contributed by atoms with E-state index in [1.54, 1.807) is 14.0 Å². The molecule has 1 heterocycles. The van der Waals surface area contributed by atoms with Crippen molar-refractivity contribution in [1.29, 1.82) is 0 Å². The molecule has 29 heavy (non-hydrogen) atoms. The normalized spacial score (nSPS) is 10.4. The van der Waals surface area contributed by atoms with Crippen LogP contribution in [0, 0.1) is 13.5 Å². The number of hydrogen-bond acceptors (Lipinski definition) is 3. The van der Waals surface area contributed by atoms with E-state index in [-0.39, 0.29) is 29.5 Å². The molecule has 0 bridgehead atoms. The van der Waals surface area contributed by atoms with Gasteiger partial charge in [-0.2, -0.15) is 0 Å². The molecule has 0 amide bonds. The van der Waals surface area contributed by atoms with Gasteiger partial charge >= 0.3 is 5.97 Å². The van der Waals surface area contributed by atoms with Gasteiger partial charge in [0.15, 0.2) is 5.78 Å². The predicted octanol–water partition coefficient (Wildman–Crippen LogP) is 5.60. The smallest absolute Gasteiger partial charge is 0.354 e. The maximum absolute atomic E-state index is 12.6.